The summed E-state index contributed by atoms with van der Waals surface area (Å²) in [4.78, 5) is 0. The number of nitrogens with zero attached hydrogens (tertiary/aromatic N) is 1. The fraction of sp³-hybridized carbons (Fsp3) is 0.500. The first-order valence-electron chi connectivity index (χ1n) is 6.05. The molecule has 1 aliphatic heterocycles. The zero-order valence-corrected chi connectivity index (χ0v) is 11.0. The molecule has 0 aromatic heterocycles. The Bertz CT molecular complexity index is 466. The third-order valence-electron chi connectivity index (χ3n) is 3.49. The number of hydrogen-bond acceptors (Lipinski definition) is 5. The van der Waals surface area contributed by atoms with Crippen LogP contribution in [0.2, 0.25) is 0 Å². The van der Waals surface area contributed by atoms with E-state index in [4.69, 9.17) is 14.2 Å². The minimum atomic E-state index is -0.927. The zero-order chi connectivity index (χ0) is 13.9. The molecule has 1 aromatic carbocycles. The Morgan fingerprint density at radius 2 is 1.95 bits per heavy atom. The fourth-order valence-corrected chi connectivity index (χ4v) is 2.25. The van der Waals surface area contributed by atoms with Gasteiger partial charge in [-0.25, -0.2) is 0 Å². The second-order valence-electron chi connectivity index (χ2n) is 4.62. The van der Waals surface area contributed by atoms with Gasteiger partial charge in [0.2, 0.25) is 0 Å². The van der Waals surface area contributed by atoms with Gasteiger partial charge in [0.05, 0.1) is 26.9 Å². The lowest BCUT2D eigenvalue weighted by molar-refractivity contribution is 0.0501. The quantitative estimate of drug-likeness (QED) is 0.894. The molecule has 1 fully saturated rings. The summed E-state index contributed by atoms with van der Waals surface area (Å²) in [6.45, 7) is 0.732. The summed E-state index contributed by atoms with van der Waals surface area (Å²) in [6.07, 6.45) is -0.409. The van der Waals surface area contributed by atoms with Crippen LogP contribution in [0, 0.1) is 16.7 Å². The first-order valence-corrected chi connectivity index (χ1v) is 6.05. The van der Waals surface area contributed by atoms with Gasteiger partial charge in [-0.15, -0.1) is 0 Å². The molecule has 1 aromatic rings. The minimum absolute atomic E-state index is 0.240. The molecule has 0 aliphatic carbocycles. The van der Waals surface area contributed by atoms with Crippen molar-refractivity contribution in [1.82, 2.24) is 0 Å². The van der Waals surface area contributed by atoms with E-state index in [1.807, 2.05) is 0 Å². The van der Waals surface area contributed by atoms with Gasteiger partial charge in [0.15, 0.2) is 0 Å². The van der Waals surface area contributed by atoms with Crippen molar-refractivity contribution in [2.24, 2.45) is 5.41 Å². The van der Waals surface area contributed by atoms with Crippen LogP contribution >= 0.6 is 0 Å². The molecule has 19 heavy (non-hydrogen) atoms. The van der Waals surface area contributed by atoms with Gasteiger partial charge in [-0.2, -0.15) is 5.26 Å². The van der Waals surface area contributed by atoms with Crippen LogP contribution in [0.25, 0.3) is 0 Å². The van der Waals surface area contributed by atoms with Gasteiger partial charge < -0.3 is 19.3 Å². The molecule has 1 saturated heterocycles. The molecule has 5 nitrogen and oxygen atoms in total. The molecule has 0 bridgehead atoms. The van der Waals surface area contributed by atoms with Crippen molar-refractivity contribution in [3.63, 3.8) is 0 Å². The number of aliphatic hydroxyl groups is 1. The summed E-state index contributed by atoms with van der Waals surface area (Å²) < 4.78 is 15.6. The Hall–Kier alpha value is -1.77. The molecule has 0 spiro atoms. The van der Waals surface area contributed by atoms with Crippen molar-refractivity contribution >= 4 is 0 Å². The predicted octanol–water partition coefficient (Wildman–Crippen LogP) is 1.67. The lowest BCUT2D eigenvalue weighted by atomic mass is 9.79. The molecule has 2 atom stereocenters. The first-order chi connectivity index (χ1) is 9.15. The summed E-state index contributed by atoms with van der Waals surface area (Å²) >= 11 is 0. The van der Waals surface area contributed by atoms with Crippen molar-refractivity contribution in [3.05, 3.63) is 23.8 Å². The number of hydrogen-bond donors (Lipinski definition) is 1. The highest BCUT2D eigenvalue weighted by molar-refractivity contribution is 5.40. The highest BCUT2D eigenvalue weighted by atomic mass is 16.5. The molecule has 2 unspecified atom stereocenters. The molecule has 1 aliphatic rings. The van der Waals surface area contributed by atoms with E-state index in [9.17, 15) is 10.4 Å². The lowest BCUT2D eigenvalue weighted by Gasteiger charge is -2.26. The second kappa shape index (κ2) is 5.47. The molecule has 2 rings (SSSR count). The van der Waals surface area contributed by atoms with Crippen LogP contribution in [-0.4, -0.2) is 32.5 Å². The van der Waals surface area contributed by atoms with Crippen LogP contribution in [0.4, 0.5) is 0 Å². The Morgan fingerprint density at radius 1 is 1.32 bits per heavy atom. The Labute approximate surface area is 112 Å². The van der Waals surface area contributed by atoms with Crippen LogP contribution in [0.3, 0.4) is 0 Å². The van der Waals surface area contributed by atoms with Crippen LogP contribution < -0.4 is 9.47 Å². The van der Waals surface area contributed by atoms with Crippen LogP contribution in [0.15, 0.2) is 18.2 Å². The molecule has 1 N–H and O–H groups in total. The zero-order valence-electron chi connectivity index (χ0n) is 11.0. The molecule has 102 valence electrons. The van der Waals surface area contributed by atoms with E-state index in [1.54, 1.807) is 32.4 Å². The lowest BCUT2D eigenvalue weighted by Crippen LogP contribution is -2.27. The molecule has 5 heteroatoms. The van der Waals surface area contributed by atoms with E-state index in [2.05, 4.69) is 6.07 Å². The average molecular weight is 263 g/mol. The summed E-state index contributed by atoms with van der Waals surface area (Å²) in [5, 5.41) is 19.8. The van der Waals surface area contributed by atoms with Gasteiger partial charge in [0, 0.05) is 12.7 Å². The molecule has 1 heterocycles. The van der Waals surface area contributed by atoms with Crippen molar-refractivity contribution in [1.29, 1.82) is 5.26 Å². The average Bonchev–Trinajstić information content (AvgIpc) is 2.95. The fourth-order valence-electron chi connectivity index (χ4n) is 2.25. The SMILES string of the molecule is COc1cc(OC)cc(C(O)C2(C#N)CCOC2)c1. The summed E-state index contributed by atoms with van der Waals surface area (Å²) in [5.74, 6) is 1.17. The summed E-state index contributed by atoms with van der Waals surface area (Å²) in [5.41, 5.74) is -0.291. The van der Waals surface area contributed by atoms with E-state index in [-0.39, 0.29) is 6.61 Å². The van der Waals surface area contributed by atoms with Crippen LogP contribution in [0.5, 0.6) is 11.5 Å². The van der Waals surface area contributed by atoms with Gasteiger partial charge in [-0.05, 0) is 24.1 Å². The van der Waals surface area contributed by atoms with Crippen molar-refractivity contribution in [3.8, 4) is 17.6 Å². The maximum Gasteiger partial charge on any atom is 0.122 e. The Balaban J connectivity index is 2.37. The molecule has 0 saturated carbocycles. The van der Waals surface area contributed by atoms with Crippen molar-refractivity contribution < 1.29 is 19.3 Å². The predicted molar refractivity (Wildman–Crippen MR) is 68.0 cm³/mol. The normalized spacial score (nSPS) is 23.7. The molecule has 0 radical (unpaired) electrons. The number of nitriles is 1. The van der Waals surface area contributed by atoms with Gasteiger partial charge in [-0.3, -0.25) is 0 Å². The van der Waals surface area contributed by atoms with E-state index in [0.717, 1.165) is 0 Å². The molecular weight excluding hydrogens is 246 g/mol. The number of ether oxygens (including phenoxy) is 3. The van der Waals surface area contributed by atoms with Gasteiger partial charge in [0.1, 0.15) is 23.0 Å². The standard InChI is InChI=1S/C14H17NO4/c1-17-11-5-10(6-12(7-11)18-2)13(16)14(8-15)3-4-19-9-14/h5-7,13,16H,3-4,9H2,1-2H3. The number of rotatable bonds is 4. The second-order valence-corrected chi connectivity index (χ2v) is 4.62. The smallest absolute Gasteiger partial charge is 0.122 e. The number of methoxy groups -OCH3 is 2. The van der Waals surface area contributed by atoms with Crippen LogP contribution in [-0.2, 0) is 4.74 Å². The highest BCUT2D eigenvalue weighted by Gasteiger charge is 2.43. The van der Waals surface area contributed by atoms with Gasteiger partial charge in [-0.1, -0.05) is 0 Å². The van der Waals surface area contributed by atoms with Gasteiger partial charge in [0.25, 0.3) is 0 Å². The number of benzene rings is 1. The first kappa shape index (κ1) is 13.7. The topological polar surface area (TPSA) is 71.7 Å². The third kappa shape index (κ3) is 2.50. The van der Waals surface area contributed by atoms with E-state index in [1.165, 1.54) is 0 Å². The van der Waals surface area contributed by atoms with E-state index in [0.29, 0.717) is 30.1 Å². The Kier molecular flexibility index (Phi) is 3.93. The number of aliphatic hydroxyl groups excluding tert-OH is 1. The summed E-state index contributed by atoms with van der Waals surface area (Å²) in [6, 6.07) is 7.34. The monoisotopic (exact) mass is 263 g/mol. The summed E-state index contributed by atoms with van der Waals surface area (Å²) in [7, 11) is 3.09. The molecule has 0 amide bonds. The largest absolute Gasteiger partial charge is 0.497 e. The molecular formula is C14H17NO4. The maximum absolute atomic E-state index is 10.5. The third-order valence-corrected chi connectivity index (χ3v) is 3.49. The van der Waals surface area contributed by atoms with E-state index < -0.39 is 11.5 Å². The maximum atomic E-state index is 10.5. The Morgan fingerprint density at radius 3 is 2.37 bits per heavy atom. The van der Waals surface area contributed by atoms with Crippen molar-refractivity contribution in [2.75, 3.05) is 27.4 Å². The highest BCUT2D eigenvalue weighted by Crippen LogP contribution is 2.42. The minimum Gasteiger partial charge on any atom is -0.497 e. The van der Waals surface area contributed by atoms with Crippen molar-refractivity contribution in [2.45, 2.75) is 12.5 Å². The van der Waals surface area contributed by atoms with Crippen LogP contribution in [0.1, 0.15) is 18.1 Å². The van der Waals surface area contributed by atoms with Gasteiger partial charge >= 0.3 is 0 Å². The van der Waals surface area contributed by atoms with E-state index >= 15 is 0 Å².